The summed E-state index contributed by atoms with van der Waals surface area (Å²) in [5.74, 6) is -1.30. The molecule has 0 spiro atoms. The van der Waals surface area contributed by atoms with Gasteiger partial charge >= 0.3 is 6.09 Å². The van der Waals surface area contributed by atoms with Gasteiger partial charge in [-0.05, 0) is 49.9 Å². The molecule has 2 aromatic carbocycles. The summed E-state index contributed by atoms with van der Waals surface area (Å²) in [7, 11) is 0. The number of ether oxygens (including phenoxy) is 1. The minimum absolute atomic E-state index is 0.00989. The maximum atomic E-state index is 12.9. The molecule has 10 heteroatoms. The second-order valence-corrected chi connectivity index (χ2v) is 10.5. The van der Waals surface area contributed by atoms with Crippen molar-refractivity contribution in [2.75, 3.05) is 0 Å². The van der Waals surface area contributed by atoms with Crippen LogP contribution in [-0.2, 0) is 32.2 Å². The minimum atomic E-state index is -0.678. The molecule has 2 aliphatic heterocycles. The number of benzene rings is 2. The fraction of sp³-hybridized carbons (Fsp3) is 0.393. The fourth-order valence-corrected chi connectivity index (χ4v) is 4.58. The highest BCUT2D eigenvalue weighted by atomic mass is 16.6. The van der Waals surface area contributed by atoms with Crippen LogP contribution in [0.3, 0.4) is 0 Å². The fourth-order valence-electron chi connectivity index (χ4n) is 4.58. The van der Waals surface area contributed by atoms with Gasteiger partial charge in [-0.2, -0.15) is 0 Å². The number of rotatable bonds is 7. The normalized spacial score (nSPS) is 17.9. The van der Waals surface area contributed by atoms with E-state index >= 15 is 0 Å². The van der Waals surface area contributed by atoms with Crippen molar-refractivity contribution in [2.45, 2.75) is 70.8 Å². The summed E-state index contributed by atoms with van der Waals surface area (Å²) in [5, 5.41) is 7.95. The summed E-state index contributed by atoms with van der Waals surface area (Å²) in [6, 6.07) is 13.2. The third-order valence-corrected chi connectivity index (χ3v) is 6.36. The van der Waals surface area contributed by atoms with Crippen LogP contribution < -0.4 is 16.0 Å². The van der Waals surface area contributed by atoms with Crippen molar-refractivity contribution in [3.05, 3.63) is 70.8 Å². The van der Waals surface area contributed by atoms with Crippen LogP contribution in [0.1, 0.15) is 73.1 Å². The molecule has 10 nitrogen and oxygen atoms in total. The van der Waals surface area contributed by atoms with Crippen LogP contribution in [0.4, 0.5) is 4.79 Å². The molecule has 0 aliphatic carbocycles. The lowest BCUT2D eigenvalue weighted by Gasteiger charge is -2.29. The number of fused-ring (bicyclic) bond motifs is 1. The number of hydrogen-bond donors (Lipinski definition) is 3. The summed E-state index contributed by atoms with van der Waals surface area (Å²) >= 11 is 0. The van der Waals surface area contributed by atoms with Gasteiger partial charge in [-0.1, -0.05) is 42.5 Å². The van der Waals surface area contributed by atoms with Gasteiger partial charge in [0.2, 0.25) is 17.7 Å². The zero-order valence-corrected chi connectivity index (χ0v) is 21.7. The van der Waals surface area contributed by atoms with Crippen LogP contribution in [0.5, 0.6) is 0 Å². The molecule has 4 rings (SSSR count). The van der Waals surface area contributed by atoms with E-state index < -0.39 is 29.7 Å². The lowest BCUT2D eigenvalue weighted by Crippen LogP contribution is -2.52. The van der Waals surface area contributed by atoms with E-state index in [9.17, 15) is 24.0 Å². The third-order valence-electron chi connectivity index (χ3n) is 6.36. The Morgan fingerprint density at radius 3 is 2.53 bits per heavy atom. The van der Waals surface area contributed by atoms with E-state index in [0.717, 1.165) is 16.7 Å². The van der Waals surface area contributed by atoms with Crippen molar-refractivity contribution in [1.82, 2.24) is 20.9 Å². The monoisotopic (exact) mass is 520 g/mol. The Kier molecular flexibility index (Phi) is 7.80. The number of carbonyl (C=O) groups is 5. The number of hydrogen-bond acceptors (Lipinski definition) is 6. The van der Waals surface area contributed by atoms with Crippen molar-refractivity contribution in [3.63, 3.8) is 0 Å². The summed E-state index contributed by atoms with van der Waals surface area (Å²) in [4.78, 5) is 63.3. The molecule has 1 fully saturated rings. The largest absolute Gasteiger partial charge is 0.444 e. The van der Waals surface area contributed by atoms with Gasteiger partial charge in [-0.25, -0.2) is 4.79 Å². The first-order valence-corrected chi connectivity index (χ1v) is 12.6. The maximum absolute atomic E-state index is 12.9. The predicted molar refractivity (Wildman–Crippen MR) is 138 cm³/mol. The first-order chi connectivity index (χ1) is 18.0. The van der Waals surface area contributed by atoms with Gasteiger partial charge in [0.05, 0.1) is 12.5 Å². The molecule has 2 heterocycles. The SMILES string of the molecule is CC(C)(C)OC(=O)NC(CC(=O)NCc1ccc2c(c1)CN(C1CCC(=O)NC1=O)C2=O)c1ccccc1. The molecule has 2 aliphatic rings. The molecule has 0 bridgehead atoms. The molecule has 3 N–H and O–H groups in total. The maximum Gasteiger partial charge on any atom is 0.408 e. The van der Waals surface area contributed by atoms with Gasteiger partial charge in [-0.15, -0.1) is 0 Å². The number of imide groups is 1. The molecular weight excluding hydrogens is 488 g/mol. The Hall–Kier alpha value is -4.21. The van der Waals surface area contributed by atoms with Crippen LogP contribution in [0.15, 0.2) is 48.5 Å². The summed E-state index contributed by atoms with van der Waals surface area (Å²) < 4.78 is 5.36. The molecule has 2 unspecified atom stereocenters. The van der Waals surface area contributed by atoms with E-state index in [1.54, 1.807) is 32.9 Å². The zero-order chi connectivity index (χ0) is 27.4. The van der Waals surface area contributed by atoms with Gasteiger partial charge in [0.15, 0.2) is 0 Å². The Labute approximate surface area is 221 Å². The van der Waals surface area contributed by atoms with Crippen LogP contribution in [-0.4, -0.2) is 46.3 Å². The second kappa shape index (κ2) is 11.0. The first-order valence-electron chi connectivity index (χ1n) is 12.6. The molecule has 0 aromatic heterocycles. The number of nitrogens with one attached hydrogen (secondary N) is 3. The van der Waals surface area contributed by atoms with E-state index in [-0.39, 0.29) is 43.7 Å². The average molecular weight is 521 g/mol. The molecule has 0 radical (unpaired) electrons. The highest BCUT2D eigenvalue weighted by Crippen LogP contribution is 2.28. The first kappa shape index (κ1) is 26.8. The van der Waals surface area contributed by atoms with Crippen LogP contribution in [0.2, 0.25) is 0 Å². The van der Waals surface area contributed by atoms with Gasteiger partial charge in [0.25, 0.3) is 5.91 Å². The Morgan fingerprint density at radius 1 is 1.11 bits per heavy atom. The Balaban J connectivity index is 1.37. The van der Waals surface area contributed by atoms with E-state index in [1.807, 2.05) is 36.4 Å². The number of piperidine rings is 1. The van der Waals surface area contributed by atoms with Crippen molar-refractivity contribution in [3.8, 4) is 0 Å². The van der Waals surface area contributed by atoms with Crippen molar-refractivity contribution < 1.29 is 28.7 Å². The number of carbonyl (C=O) groups excluding carboxylic acids is 5. The number of amides is 5. The van der Waals surface area contributed by atoms with Crippen LogP contribution in [0.25, 0.3) is 0 Å². The average Bonchev–Trinajstić information content (AvgIpc) is 3.17. The summed E-state index contributed by atoms with van der Waals surface area (Å²) in [5.41, 5.74) is 2.18. The Bertz CT molecular complexity index is 1250. The van der Waals surface area contributed by atoms with E-state index in [2.05, 4.69) is 16.0 Å². The lowest BCUT2D eigenvalue weighted by molar-refractivity contribution is -0.137. The topological polar surface area (TPSA) is 134 Å². The number of alkyl carbamates (subject to hydrolysis) is 1. The molecular formula is C28H32N4O6. The van der Waals surface area contributed by atoms with E-state index in [1.165, 1.54) is 4.90 Å². The highest BCUT2D eigenvalue weighted by Gasteiger charge is 2.39. The molecule has 200 valence electrons. The van der Waals surface area contributed by atoms with Gasteiger partial charge < -0.3 is 20.3 Å². The van der Waals surface area contributed by atoms with Gasteiger partial charge in [0.1, 0.15) is 11.6 Å². The van der Waals surface area contributed by atoms with Crippen molar-refractivity contribution in [2.24, 2.45) is 0 Å². The molecule has 38 heavy (non-hydrogen) atoms. The van der Waals surface area contributed by atoms with E-state index in [0.29, 0.717) is 12.0 Å². The van der Waals surface area contributed by atoms with Crippen LogP contribution >= 0.6 is 0 Å². The highest BCUT2D eigenvalue weighted by molar-refractivity contribution is 6.05. The minimum Gasteiger partial charge on any atom is -0.444 e. The summed E-state index contributed by atoms with van der Waals surface area (Å²) in [6.45, 7) is 5.80. The molecule has 2 atom stereocenters. The van der Waals surface area contributed by atoms with Gasteiger partial charge in [0, 0.05) is 25.1 Å². The second-order valence-electron chi connectivity index (χ2n) is 10.5. The molecule has 0 saturated carbocycles. The van der Waals surface area contributed by atoms with Crippen LogP contribution in [0, 0.1) is 0 Å². The summed E-state index contributed by atoms with van der Waals surface area (Å²) in [6.07, 6.45) is -0.105. The zero-order valence-electron chi connectivity index (χ0n) is 21.7. The lowest BCUT2D eigenvalue weighted by atomic mass is 10.0. The Morgan fingerprint density at radius 2 is 1.84 bits per heavy atom. The van der Waals surface area contributed by atoms with Gasteiger partial charge in [-0.3, -0.25) is 24.5 Å². The molecule has 5 amide bonds. The van der Waals surface area contributed by atoms with Crippen molar-refractivity contribution in [1.29, 1.82) is 0 Å². The molecule has 1 saturated heterocycles. The molecule has 2 aromatic rings. The van der Waals surface area contributed by atoms with Crippen molar-refractivity contribution >= 4 is 29.7 Å². The quantitative estimate of drug-likeness (QED) is 0.481. The standard InChI is InChI=1S/C28H32N4O6/c1-28(2,3)38-27(37)30-21(18-7-5-4-6-8-18)14-24(34)29-15-17-9-10-20-19(13-17)16-32(26(20)36)22-11-12-23(33)31-25(22)35/h4-10,13,21-22H,11-12,14-16H2,1-3H3,(H,29,34)(H,30,37)(H,31,33,35). The third kappa shape index (κ3) is 6.56. The smallest absolute Gasteiger partial charge is 0.408 e. The number of nitrogens with zero attached hydrogens (tertiary/aromatic N) is 1. The predicted octanol–water partition coefficient (Wildman–Crippen LogP) is 2.72. The van der Waals surface area contributed by atoms with E-state index in [4.69, 9.17) is 4.74 Å².